The van der Waals surface area contributed by atoms with Crippen LogP contribution in [0.3, 0.4) is 0 Å². The van der Waals surface area contributed by atoms with Crippen LogP contribution in [-0.2, 0) is 14.8 Å². The van der Waals surface area contributed by atoms with Crippen LogP contribution >= 0.6 is 0 Å². The van der Waals surface area contributed by atoms with Crippen LogP contribution in [0.5, 0.6) is 0 Å². The first-order chi connectivity index (χ1) is 11.0. The SMILES string of the molecule is CCNS(=O)(=O)c1ccc(-c2ccccc2C(=O)OCC)cc1. The number of esters is 1. The van der Waals surface area contributed by atoms with Gasteiger partial charge in [0.25, 0.3) is 0 Å². The van der Waals surface area contributed by atoms with Crippen LogP contribution in [0.1, 0.15) is 24.2 Å². The number of nitrogens with one attached hydrogen (secondary N) is 1. The van der Waals surface area contributed by atoms with Crippen molar-refractivity contribution in [3.05, 3.63) is 54.1 Å². The van der Waals surface area contributed by atoms with E-state index in [2.05, 4.69) is 4.72 Å². The van der Waals surface area contributed by atoms with Crippen LogP contribution in [0.25, 0.3) is 11.1 Å². The second kappa shape index (κ2) is 7.39. The minimum atomic E-state index is -3.49. The molecule has 0 aliphatic carbocycles. The molecule has 0 amide bonds. The summed E-state index contributed by atoms with van der Waals surface area (Å²) in [5.41, 5.74) is 1.92. The summed E-state index contributed by atoms with van der Waals surface area (Å²) in [7, 11) is -3.49. The number of sulfonamides is 1. The molecule has 6 heteroatoms. The summed E-state index contributed by atoms with van der Waals surface area (Å²) in [6, 6.07) is 13.5. The summed E-state index contributed by atoms with van der Waals surface area (Å²) in [6.07, 6.45) is 0. The van der Waals surface area contributed by atoms with Gasteiger partial charge in [-0.2, -0.15) is 0 Å². The fraction of sp³-hybridized carbons (Fsp3) is 0.235. The Kier molecular flexibility index (Phi) is 5.52. The molecule has 23 heavy (non-hydrogen) atoms. The Morgan fingerprint density at radius 1 is 1.04 bits per heavy atom. The molecule has 2 rings (SSSR count). The second-order valence-corrected chi connectivity index (χ2v) is 6.56. The third-order valence-electron chi connectivity index (χ3n) is 3.23. The Balaban J connectivity index is 2.39. The van der Waals surface area contributed by atoms with Crippen molar-refractivity contribution < 1.29 is 17.9 Å². The molecule has 0 heterocycles. The quantitative estimate of drug-likeness (QED) is 0.825. The highest BCUT2D eigenvalue weighted by Crippen LogP contribution is 2.25. The molecule has 122 valence electrons. The van der Waals surface area contributed by atoms with Gasteiger partial charge in [-0.3, -0.25) is 0 Å². The highest BCUT2D eigenvalue weighted by atomic mass is 32.2. The molecule has 0 fully saturated rings. The van der Waals surface area contributed by atoms with E-state index < -0.39 is 16.0 Å². The van der Waals surface area contributed by atoms with Crippen LogP contribution < -0.4 is 4.72 Å². The molecule has 0 unspecified atom stereocenters. The summed E-state index contributed by atoms with van der Waals surface area (Å²) in [5.74, 6) is -0.396. The Labute approximate surface area is 136 Å². The molecular formula is C17H19NO4S. The first kappa shape index (κ1) is 17.2. The van der Waals surface area contributed by atoms with E-state index in [4.69, 9.17) is 4.74 Å². The number of benzene rings is 2. The molecule has 5 nitrogen and oxygen atoms in total. The zero-order valence-corrected chi connectivity index (χ0v) is 13.9. The maximum Gasteiger partial charge on any atom is 0.338 e. The van der Waals surface area contributed by atoms with Gasteiger partial charge >= 0.3 is 5.97 Å². The van der Waals surface area contributed by atoms with Gasteiger partial charge in [-0.1, -0.05) is 37.3 Å². The molecule has 0 saturated heterocycles. The normalized spacial score (nSPS) is 11.2. The highest BCUT2D eigenvalue weighted by Gasteiger charge is 2.15. The molecule has 0 spiro atoms. The Morgan fingerprint density at radius 2 is 1.70 bits per heavy atom. The molecule has 0 atom stereocenters. The van der Waals surface area contributed by atoms with E-state index in [1.807, 2.05) is 6.07 Å². The van der Waals surface area contributed by atoms with Gasteiger partial charge in [0.1, 0.15) is 0 Å². The summed E-state index contributed by atoms with van der Waals surface area (Å²) < 4.78 is 31.4. The molecule has 0 radical (unpaired) electrons. The first-order valence-electron chi connectivity index (χ1n) is 7.35. The van der Waals surface area contributed by atoms with Gasteiger partial charge in [-0.25, -0.2) is 17.9 Å². The van der Waals surface area contributed by atoms with Crippen LogP contribution in [0.2, 0.25) is 0 Å². The molecule has 0 aromatic heterocycles. The van der Waals surface area contributed by atoms with E-state index in [0.29, 0.717) is 24.3 Å². The lowest BCUT2D eigenvalue weighted by molar-refractivity contribution is 0.0527. The van der Waals surface area contributed by atoms with Gasteiger partial charge in [-0.05, 0) is 36.2 Å². The third kappa shape index (κ3) is 3.97. The van der Waals surface area contributed by atoms with Crippen molar-refractivity contribution in [2.45, 2.75) is 18.7 Å². The van der Waals surface area contributed by atoms with Crippen molar-refractivity contribution >= 4 is 16.0 Å². The fourth-order valence-corrected chi connectivity index (χ4v) is 3.25. The van der Waals surface area contributed by atoms with E-state index in [1.54, 1.807) is 44.2 Å². The molecule has 2 aromatic rings. The van der Waals surface area contributed by atoms with E-state index in [1.165, 1.54) is 12.1 Å². The Morgan fingerprint density at radius 3 is 2.30 bits per heavy atom. The van der Waals surface area contributed by atoms with Crippen molar-refractivity contribution in [2.24, 2.45) is 0 Å². The van der Waals surface area contributed by atoms with Gasteiger partial charge in [0.05, 0.1) is 17.1 Å². The average molecular weight is 333 g/mol. The lowest BCUT2D eigenvalue weighted by atomic mass is 10.00. The van der Waals surface area contributed by atoms with Crippen LogP contribution in [0, 0.1) is 0 Å². The molecule has 0 aliphatic heterocycles. The van der Waals surface area contributed by atoms with Gasteiger partial charge in [0.15, 0.2) is 0 Å². The number of ether oxygens (including phenoxy) is 1. The van der Waals surface area contributed by atoms with E-state index in [9.17, 15) is 13.2 Å². The minimum absolute atomic E-state index is 0.191. The lowest BCUT2D eigenvalue weighted by Gasteiger charge is -2.10. The van der Waals surface area contributed by atoms with Gasteiger partial charge < -0.3 is 4.74 Å². The topological polar surface area (TPSA) is 72.5 Å². The first-order valence-corrected chi connectivity index (χ1v) is 8.84. The molecule has 2 aromatic carbocycles. The predicted molar refractivity (Wildman–Crippen MR) is 88.7 cm³/mol. The van der Waals surface area contributed by atoms with Crippen molar-refractivity contribution in [2.75, 3.05) is 13.2 Å². The Hall–Kier alpha value is -2.18. The zero-order valence-electron chi connectivity index (χ0n) is 13.1. The van der Waals surface area contributed by atoms with Crippen LogP contribution in [0.4, 0.5) is 0 Å². The number of carbonyl (C=O) groups excluding carboxylic acids is 1. The van der Waals surface area contributed by atoms with Gasteiger partial charge in [0, 0.05) is 6.54 Å². The molecule has 0 saturated carbocycles. The Bertz CT molecular complexity index is 782. The molecule has 1 N–H and O–H groups in total. The van der Waals surface area contributed by atoms with E-state index >= 15 is 0 Å². The lowest BCUT2D eigenvalue weighted by Crippen LogP contribution is -2.22. The fourth-order valence-electron chi connectivity index (χ4n) is 2.21. The van der Waals surface area contributed by atoms with Gasteiger partial charge in [-0.15, -0.1) is 0 Å². The third-order valence-corrected chi connectivity index (χ3v) is 4.79. The zero-order chi connectivity index (χ0) is 16.9. The number of hydrogen-bond donors (Lipinski definition) is 1. The maximum atomic E-state index is 12.0. The predicted octanol–water partition coefficient (Wildman–Crippen LogP) is 2.83. The van der Waals surface area contributed by atoms with Gasteiger partial charge in [0.2, 0.25) is 10.0 Å². The van der Waals surface area contributed by atoms with Crippen molar-refractivity contribution in [1.82, 2.24) is 4.72 Å². The summed E-state index contributed by atoms with van der Waals surface area (Å²) >= 11 is 0. The minimum Gasteiger partial charge on any atom is -0.462 e. The molecule has 0 bridgehead atoms. The number of carbonyl (C=O) groups is 1. The molecular weight excluding hydrogens is 314 g/mol. The van der Waals surface area contributed by atoms with Crippen molar-refractivity contribution in [1.29, 1.82) is 0 Å². The van der Waals surface area contributed by atoms with Crippen molar-refractivity contribution in [3.63, 3.8) is 0 Å². The van der Waals surface area contributed by atoms with E-state index in [-0.39, 0.29) is 4.90 Å². The summed E-state index contributed by atoms with van der Waals surface area (Å²) in [4.78, 5) is 12.2. The molecule has 0 aliphatic rings. The van der Waals surface area contributed by atoms with Crippen LogP contribution in [0.15, 0.2) is 53.4 Å². The average Bonchev–Trinajstić information content (AvgIpc) is 2.55. The van der Waals surface area contributed by atoms with E-state index in [0.717, 1.165) is 5.56 Å². The summed E-state index contributed by atoms with van der Waals surface area (Å²) in [5, 5.41) is 0. The van der Waals surface area contributed by atoms with Crippen molar-refractivity contribution in [3.8, 4) is 11.1 Å². The largest absolute Gasteiger partial charge is 0.462 e. The number of hydrogen-bond acceptors (Lipinski definition) is 4. The maximum absolute atomic E-state index is 12.0. The smallest absolute Gasteiger partial charge is 0.338 e. The summed E-state index contributed by atoms with van der Waals surface area (Å²) in [6.45, 7) is 4.10. The number of rotatable bonds is 6. The second-order valence-electron chi connectivity index (χ2n) is 4.79. The monoisotopic (exact) mass is 333 g/mol. The highest BCUT2D eigenvalue weighted by molar-refractivity contribution is 7.89. The standard InChI is InChI=1S/C17H19NO4S/c1-3-18-23(20,21)14-11-9-13(10-12-14)15-7-5-6-8-16(15)17(19)22-4-2/h5-12,18H,3-4H2,1-2H3. The van der Waals surface area contributed by atoms with Crippen LogP contribution in [-0.4, -0.2) is 27.5 Å².